The third-order valence-electron chi connectivity index (χ3n) is 4.95. The molecule has 1 heterocycles. The molecule has 1 aliphatic carbocycles. The number of anilines is 1. The van der Waals surface area contributed by atoms with Crippen LogP contribution in [-0.4, -0.2) is 36.8 Å². The summed E-state index contributed by atoms with van der Waals surface area (Å²) in [5.41, 5.74) is 1.10. The summed E-state index contributed by atoms with van der Waals surface area (Å²) in [7, 11) is 1.28. The fourth-order valence-corrected chi connectivity index (χ4v) is 3.71. The Morgan fingerprint density at radius 2 is 2.24 bits per heavy atom. The third kappa shape index (κ3) is 3.99. The minimum absolute atomic E-state index is 0.00746. The number of fused-ring (bicyclic) bond motifs is 1. The van der Waals surface area contributed by atoms with E-state index in [2.05, 4.69) is 10.1 Å². The van der Waals surface area contributed by atoms with E-state index in [1.165, 1.54) is 25.3 Å². The molecule has 134 valence electrons. The smallest absolute Gasteiger partial charge is 0.330 e. The minimum atomic E-state index is -0.501. The van der Waals surface area contributed by atoms with E-state index < -0.39 is 10.9 Å². The Hall–Kier alpha value is -2.41. The molecule has 2 aliphatic rings. The summed E-state index contributed by atoms with van der Waals surface area (Å²) in [6, 6.07) is 5.11. The van der Waals surface area contributed by atoms with Gasteiger partial charge in [-0.1, -0.05) is 6.07 Å². The molecular weight excluding hydrogens is 324 g/mol. The normalized spacial score (nSPS) is 25.6. The van der Waals surface area contributed by atoms with Crippen molar-refractivity contribution in [3.05, 3.63) is 40.0 Å². The predicted molar refractivity (Wildman–Crippen MR) is 93.3 cm³/mol. The number of methoxy groups -OCH3 is 1. The Labute approximate surface area is 146 Å². The van der Waals surface area contributed by atoms with Crippen molar-refractivity contribution in [1.29, 1.82) is 0 Å². The molecule has 3 atom stereocenters. The number of hydrogen-bond donors (Lipinski definition) is 1. The van der Waals surface area contributed by atoms with Crippen molar-refractivity contribution in [3.8, 4) is 0 Å². The molecule has 1 aliphatic heterocycles. The molecule has 2 fully saturated rings. The quantitative estimate of drug-likeness (QED) is 0.381. The summed E-state index contributed by atoms with van der Waals surface area (Å²) in [6.07, 6.45) is 7.14. The molecule has 3 rings (SSSR count). The number of nitro benzene ring substituents is 1. The van der Waals surface area contributed by atoms with Gasteiger partial charge in [0, 0.05) is 30.7 Å². The van der Waals surface area contributed by atoms with E-state index in [0.29, 0.717) is 17.2 Å². The average molecular weight is 346 g/mol. The van der Waals surface area contributed by atoms with Crippen LogP contribution in [0.5, 0.6) is 0 Å². The third-order valence-corrected chi connectivity index (χ3v) is 4.95. The Bertz CT molecular complexity index is 688. The van der Waals surface area contributed by atoms with E-state index in [-0.39, 0.29) is 17.8 Å². The van der Waals surface area contributed by atoms with Gasteiger partial charge in [-0.2, -0.15) is 0 Å². The molecular formula is C18H22N2O5. The lowest BCUT2D eigenvalue weighted by Gasteiger charge is -2.33. The molecule has 0 bridgehead atoms. The first-order valence-electron chi connectivity index (χ1n) is 8.51. The van der Waals surface area contributed by atoms with Crippen LogP contribution in [0.15, 0.2) is 24.3 Å². The molecule has 0 radical (unpaired) electrons. The topological polar surface area (TPSA) is 90.7 Å². The van der Waals surface area contributed by atoms with Gasteiger partial charge in [-0.3, -0.25) is 10.1 Å². The predicted octanol–water partition coefficient (Wildman–Crippen LogP) is 3.15. The van der Waals surface area contributed by atoms with Crippen molar-refractivity contribution in [3.63, 3.8) is 0 Å². The second-order valence-corrected chi connectivity index (χ2v) is 6.43. The zero-order valence-electron chi connectivity index (χ0n) is 14.1. The number of hydrogen-bond acceptors (Lipinski definition) is 6. The monoisotopic (exact) mass is 346 g/mol. The number of carbonyl (C=O) groups excluding carboxylic acids is 1. The first-order chi connectivity index (χ1) is 12.1. The number of nitrogens with one attached hydrogen (secondary N) is 1. The van der Waals surface area contributed by atoms with E-state index in [4.69, 9.17) is 4.74 Å². The van der Waals surface area contributed by atoms with Crippen LogP contribution in [0.4, 0.5) is 11.4 Å². The Morgan fingerprint density at radius 1 is 1.40 bits per heavy atom. The van der Waals surface area contributed by atoms with E-state index in [9.17, 15) is 14.9 Å². The summed E-state index contributed by atoms with van der Waals surface area (Å²) < 4.78 is 10.3. The lowest BCUT2D eigenvalue weighted by atomic mass is 9.81. The first kappa shape index (κ1) is 17.4. The second kappa shape index (κ2) is 7.65. The highest BCUT2D eigenvalue weighted by molar-refractivity contribution is 5.87. The summed E-state index contributed by atoms with van der Waals surface area (Å²) in [5, 5.41) is 14.8. The highest BCUT2D eigenvalue weighted by Gasteiger charge is 2.38. The highest BCUT2D eigenvalue weighted by atomic mass is 16.6. The van der Waals surface area contributed by atoms with Crippen LogP contribution in [-0.2, 0) is 14.3 Å². The Balaban J connectivity index is 1.79. The molecule has 1 aromatic carbocycles. The SMILES string of the molecule is COC(=O)/C=C/c1ccc(NC2CCCC3OCCC23)c([N+](=O)[O-])c1. The van der Waals surface area contributed by atoms with Crippen molar-refractivity contribution in [2.75, 3.05) is 19.0 Å². The van der Waals surface area contributed by atoms with E-state index >= 15 is 0 Å². The zero-order valence-corrected chi connectivity index (χ0v) is 14.1. The molecule has 1 saturated heterocycles. The molecule has 1 aromatic rings. The van der Waals surface area contributed by atoms with Gasteiger partial charge in [0.2, 0.25) is 0 Å². The molecule has 7 heteroatoms. The Morgan fingerprint density at radius 3 is 3.00 bits per heavy atom. The molecule has 0 spiro atoms. The largest absolute Gasteiger partial charge is 0.466 e. The van der Waals surface area contributed by atoms with Crippen molar-refractivity contribution >= 4 is 23.4 Å². The highest BCUT2D eigenvalue weighted by Crippen LogP contribution is 2.37. The van der Waals surface area contributed by atoms with Gasteiger partial charge < -0.3 is 14.8 Å². The summed E-state index contributed by atoms with van der Waals surface area (Å²) in [6.45, 7) is 0.771. The standard InChI is InChI=1S/C18H22N2O5/c1-24-18(21)8-6-12-5-7-15(16(11-12)20(22)23)19-14-3-2-4-17-13(14)9-10-25-17/h5-8,11,13-14,17,19H,2-4,9-10H2,1H3/b8-6+. The van der Waals surface area contributed by atoms with Gasteiger partial charge in [0.25, 0.3) is 5.69 Å². The number of esters is 1. The van der Waals surface area contributed by atoms with Crippen LogP contribution >= 0.6 is 0 Å². The van der Waals surface area contributed by atoms with E-state index in [0.717, 1.165) is 32.3 Å². The second-order valence-electron chi connectivity index (χ2n) is 6.43. The maximum Gasteiger partial charge on any atom is 0.330 e. The first-order valence-corrected chi connectivity index (χ1v) is 8.51. The molecule has 3 unspecified atom stereocenters. The van der Waals surface area contributed by atoms with E-state index in [1.807, 2.05) is 0 Å². The van der Waals surface area contributed by atoms with Crippen molar-refractivity contribution in [1.82, 2.24) is 0 Å². The van der Waals surface area contributed by atoms with Crippen LogP contribution in [0.25, 0.3) is 6.08 Å². The summed E-state index contributed by atoms with van der Waals surface area (Å²) in [4.78, 5) is 22.2. The molecule has 7 nitrogen and oxygen atoms in total. The fraction of sp³-hybridized carbons (Fsp3) is 0.500. The van der Waals surface area contributed by atoms with Gasteiger partial charge in [0.05, 0.1) is 18.1 Å². The van der Waals surface area contributed by atoms with Gasteiger partial charge in [-0.25, -0.2) is 4.79 Å². The number of carbonyl (C=O) groups is 1. The molecule has 0 amide bonds. The average Bonchev–Trinajstić information content (AvgIpc) is 3.10. The number of rotatable bonds is 5. The van der Waals surface area contributed by atoms with Crippen LogP contribution < -0.4 is 5.32 Å². The number of ether oxygens (including phenoxy) is 2. The lowest BCUT2D eigenvalue weighted by Crippen LogP contribution is -2.38. The lowest BCUT2D eigenvalue weighted by molar-refractivity contribution is -0.384. The maximum atomic E-state index is 11.5. The summed E-state index contributed by atoms with van der Waals surface area (Å²) >= 11 is 0. The number of nitro groups is 1. The van der Waals surface area contributed by atoms with Crippen LogP contribution in [0.2, 0.25) is 0 Å². The fourth-order valence-electron chi connectivity index (χ4n) is 3.71. The van der Waals surface area contributed by atoms with Gasteiger partial charge in [0.15, 0.2) is 0 Å². The zero-order chi connectivity index (χ0) is 17.8. The molecule has 1 N–H and O–H groups in total. The summed E-state index contributed by atoms with van der Waals surface area (Å²) in [5.74, 6) is -0.0911. The van der Waals surface area contributed by atoms with E-state index in [1.54, 1.807) is 12.1 Å². The van der Waals surface area contributed by atoms with Gasteiger partial charge in [0.1, 0.15) is 5.69 Å². The Kier molecular flexibility index (Phi) is 5.33. The van der Waals surface area contributed by atoms with Crippen molar-refractivity contribution in [2.45, 2.75) is 37.8 Å². The van der Waals surface area contributed by atoms with Crippen LogP contribution in [0, 0.1) is 16.0 Å². The van der Waals surface area contributed by atoms with Crippen molar-refractivity contribution < 1.29 is 19.2 Å². The molecule has 1 saturated carbocycles. The van der Waals surface area contributed by atoms with Gasteiger partial charge in [-0.15, -0.1) is 0 Å². The minimum Gasteiger partial charge on any atom is -0.466 e. The number of nitrogens with zero attached hydrogens (tertiary/aromatic N) is 1. The van der Waals surface area contributed by atoms with Crippen LogP contribution in [0.3, 0.4) is 0 Å². The maximum absolute atomic E-state index is 11.5. The van der Waals surface area contributed by atoms with Crippen molar-refractivity contribution in [2.24, 2.45) is 5.92 Å². The van der Waals surface area contributed by atoms with Gasteiger partial charge >= 0.3 is 5.97 Å². The molecule has 0 aromatic heterocycles. The molecule has 25 heavy (non-hydrogen) atoms. The van der Waals surface area contributed by atoms with Crippen LogP contribution in [0.1, 0.15) is 31.2 Å². The van der Waals surface area contributed by atoms with Gasteiger partial charge in [-0.05, 0) is 43.4 Å². The number of benzene rings is 1.